The van der Waals surface area contributed by atoms with Crippen LogP contribution >= 0.6 is 23.8 Å². The molecule has 0 aliphatic carbocycles. The van der Waals surface area contributed by atoms with Gasteiger partial charge in [0.25, 0.3) is 5.91 Å². The van der Waals surface area contributed by atoms with Crippen LogP contribution in [0.5, 0.6) is 0 Å². The Labute approximate surface area is 128 Å². The van der Waals surface area contributed by atoms with Crippen LogP contribution in [0.25, 0.3) is 0 Å². The summed E-state index contributed by atoms with van der Waals surface area (Å²) in [5.41, 5.74) is 2.47. The lowest BCUT2D eigenvalue weighted by Gasteiger charge is -2.19. The first kappa shape index (κ1) is 13.3. The fourth-order valence-corrected chi connectivity index (χ4v) is 2.95. The highest BCUT2D eigenvalue weighted by Crippen LogP contribution is 2.28. The van der Waals surface area contributed by atoms with Crippen molar-refractivity contribution in [3.63, 3.8) is 0 Å². The number of fused-ring (bicyclic) bond motifs is 1. The van der Waals surface area contributed by atoms with Gasteiger partial charge in [-0.25, -0.2) is 0 Å². The van der Waals surface area contributed by atoms with Crippen molar-refractivity contribution in [2.75, 3.05) is 6.54 Å². The monoisotopic (exact) mass is 301 g/mol. The highest BCUT2D eigenvalue weighted by Gasteiger charge is 2.33. The molecule has 1 aliphatic rings. The molecule has 2 nitrogen and oxygen atoms in total. The summed E-state index contributed by atoms with van der Waals surface area (Å²) in [4.78, 5) is 14.5. The lowest BCUT2D eigenvalue weighted by molar-refractivity contribution is 0.0861. The second-order valence-electron chi connectivity index (χ2n) is 4.64. The fourth-order valence-electron chi connectivity index (χ4n) is 2.33. The molecule has 1 amide bonds. The lowest BCUT2D eigenvalue weighted by Crippen LogP contribution is -2.32. The van der Waals surface area contributed by atoms with E-state index >= 15 is 0 Å². The molecule has 2 aromatic rings. The van der Waals surface area contributed by atoms with Gasteiger partial charge in [-0.2, -0.15) is 0 Å². The minimum absolute atomic E-state index is 0.0628. The molecule has 1 aliphatic heterocycles. The number of rotatable bonds is 3. The SMILES string of the molecule is O=C1c2ccccc2C(=S)N1CC(Cl)c1ccccc1. The Bertz CT molecular complexity index is 636. The van der Waals surface area contributed by atoms with Gasteiger partial charge in [0.1, 0.15) is 4.99 Å². The van der Waals surface area contributed by atoms with Crippen LogP contribution in [-0.2, 0) is 0 Å². The van der Waals surface area contributed by atoms with E-state index < -0.39 is 0 Å². The highest BCUT2D eigenvalue weighted by molar-refractivity contribution is 7.80. The van der Waals surface area contributed by atoms with Crippen molar-refractivity contribution in [1.82, 2.24) is 4.90 Å². The Morgan fingerprint density at radius 3 is 2.25 bits per heavy atom. The maximum Gasteiger partial charge on any atom is 0.259 e. The van der Waals surface area contributed by atoms with E-state index in [4.69, 9.17) is 23.8 Å². The molecule has 2 aromatic carbocycles. The quantitative estimate of drug-likeness (QED) is 0.635. The predicted octanol–water partition coefficient (Wildman–Crippen LogP) is 3.80. The van der Waals surface area contributed by atoms with Gasteiger partial charge in [-0.3, -0.25) is 9.69 Å². The molecule has 1 atom stereocenters. The molecule has 1 unspecified atom stereocenters. The molecule has 1 heterocycles. The summed E-state index contributed by atoms with van der Waals surface area (Å²) < 4.78 is 0. The maximum atomic E-state index is 12.4. The van der Waals surface area contributed by atoms with Crippen molar-refractivity contribution in [2.24, 2.45) is 0 Å². The molecule has 0 saturated heterocycles. The van der Waals surface area contributed by atoms with E-state index in [0.29, 0.717) is 17.1 Å². The average Bonchev–Trinajstić information content (AvgIpc) is 2.74. The van der Waals surface area contributed by atoms with Gasteiger partial charge < -0.3 is 0 Å². The van der Waals surface area contributed by atoms with Crippen LogP contribution in [0.2, 0.25) is 0 Å². The van der Waals surface area contributed by atoms with Gasteiger partial charge in [-0.05, 0) is 11.6 Å². The van der Waals surface area contributed by atoms with Crippen LogP contribution < -0.4 is 0 Å². The van der Waals surface area contributed by atoms with Crippen LogP contribution in [0.15, 0.2) is 54.6 Å². The van der Waals surface area contributed by atoms with E-state index in [0.717, 1.165) is 11.1 Å². The van der Waals surface area contributed by atoms with Crippen LogP contribution in [0.4, 0.5) is 0 Å². The number of halogens is 1. The summed E-state index contributed by atoms with van der Waals surface area (Å²) in [5, 5.41) is -0.271. The molecule has 3 rings (SSSR count). The van der Waals surface area contributed by atoms with E-state index in [1.165, 1.54) is 0 Å². The van der Waals surface area contributed by atoms with Gasteiger partial charge in [0.15, 0.2) is 0 Å². The number of hydrogen-bond donors (Lipinski definition) is 0. The van der Waals surface area contributed by atoms with Crippen LogP contribution in [-0.4, -0.2) is 22.3 Å². The van der Waals surface area contributed by atoms with Crippen molar-refractivity contribution in [3.8, 4) is 0 Å². The third kappa shape index (κ3) is 2.23. The summed E-state index contributed by atoms with van der Waals surface area (Å²) in [6.07, 6.45) is 0. The van der Waals surface area contributed by atoms with Gasteiger partial charge in [-0.15, -0.1) is 11.6 Å². The fraction of sp³-hybridized carbons (Fsp3) is 0.125. The first-order chi connectivity index (χ1) is 9.68. The van der Waals surface area contributed by atoms with Crippen molar-refractivity contribution in [3.05, 3.63) is 71.3 Å². The largest absolute Gasteiger partial charge is 0.297 e. The Morgan fingerprint density at radius 1 is 1.00 bits per heavy atom. The molecule has 0 spiro atoms. The van der Waals surface area contributed by atoms with Crippen molar-refractivity contribution in [2.45, 2.75) is 5.38 Å². The summed E-state index contributed by atoms with van der Waals surface area (Å²) >= 11 is 11.8. The Kier molecular flexibility index (Phi) is 3.55. The summed E-state index contributed by atoms with van der Waals surface area (Å²) in [6.45, 7) is 0.387. The van der Waals surface area contributed by atoms with Gasteiger partial charge >= 0.3 is 0 Å². The topological polar surface area (TPSA) is 20.3 Å². The molecule has 20 heavy (non-hydrogen) atoms. The summed E-state index contributed by atoms with van der Waals surface area (Å²) in [7, 11) is 0. The minimum Gasteiger partial charge on any atom is -0.297 e. The van der Waals surface area contributed by atoms with Gasteiger partial charge in [0.05, 0.1) is 10.9 Å². The van der Waals surface area contributed by atoms with E-state index in [-0.39, 0.29) is 11.3 Å². The molecular weight excluding hydrogens is 290 g/mol. The van der Waals surface area contributed by atoms with Gasteiger partial charge in [0, 0.05) is 12.1 Å². The zero-order valence-corrected chi connectivity index (χ0v) is 12.2. The summed E-state index contributed by atoms with van der Waals surface area (Å²) in [6, 6.07) is 17.1. The molecule has 0 aromatic heterocycles. The number of carbonyl (C=O) groups is 1. The molecule has 4 heteroatoms. The molecule has 0 saturated carbocycles. The standard InChI is InChI=1S/C16H12ClNOS/c17-14(11-6-2-1-3-7-11)10-18-15(19)12-8-4-5-9-13(12)16(18)20/h1-9,14H,10H2. The average molecular weight is 302 g/mol. The Balaban J connectivity index is 1.84. The minimum atomic E-state index is -0.271. The lowest BCUT2D eigenvalue weighted by atomic mass is 10.1. The van der Waals surface area contributed by atoms with E-state index in [1.54, 1.807) is 11.0 Å². The maximum absolute atomic E-state index is 12.4. The molecule has 100 valence electrons. The third-order valence-corrected chi connectivity index (χ3v) is 4.21. The number of carbonyl (C=O) groups excluding carboxylic acids is 1. The Morgan fingerprint density at radius 2 is 1.60 bits per heavy atom. The zero-order chi connectivity index (χ0) is 14.1. The zero-order valence-electron chi connectivity index (χ0n) is 10.6. The first-order valence-corrected chi connectivity index (χ1v) is 7.17. The van der Waals surface area contributed by atoms with E-state index in [9.17, 15) is 4.79 Å². The number of amides is 1. The molecule has 0 bridgehead atoms. The normalized spacial score (nSPS) is 15.3. The first-order valence-electron chi connectivity index (χ1n) is 6.32. The third-order valence-electron chi connectivity index (χ3n) is 3.38. The number of alkyl halides is 1. The number of benzene rings is 2. The Hall–Kier alpha value is -1.71. The van der Waals surface area contributed by atoms with E-state index in [2.05, 4.69) is 0 Å². The predicted molar refractivity (Wildman–Crippen MR) is 84.2 cm³/mol. The number of hydrogen-bond acceptors (Lipinski definition) is 2. The molecule has 0 fully saturated rings. The summed E-state index contributed by atoms with van der Waals surface area (Å²) in [5.74, 6) is -0.0628. The van der Waals surface area contributed by atoms with Crippen LogP contribution in [0, 0.1) is 0 Å². The highest BCUT2D eigenvalue weighted by atomic mass is 35.5. The molecule has 0 N–H and O–H groups in total. The van der Waals surface area contributed by atoms with Gasteiger partial charge in [0.2, 0.25) is 0 Å². The van der Waals surface area contributed by atoms with Crippen LogP contribution in [0.3, 0.4) is 0 Å². The second-order valence-corrected chi connectivity index (χ2v) is 5.56. The molecular formula is C16H12ClNOS. The van der Waals surface area contributed by atoms with E-state index in [1.807, 2.05) is 48.5 Å². The van der Waals surface area contributed by atoms with Crippen molar-refractivity contribution >= 4 is 34.7 Å². The smallest absolute Gasteiger partial charge is 0.259 e. The van der Waals surface area contributed by atoms with Crippen molar-refractivity contribution in [1.29, 1.82) is 0 Å². The second kappa shape index (κ2) is 5.35. The van der Waals surface area contributed by atoms with Crippen LogP contribution in [0.1, 0.15) is 26.9 Å². The number of thiocarbonyl (C=S) groups is 1. The van der Waals surface area contributed by atoms with Crippen molar-refractivity contribution < 1.29 is 4.79 Å². The number of nitrogens with zero attached hydrogens (tertiary/aromatic N) is 1. The molecule has 0 radical (unpaired) electrons. The van der Waals surface area contributed by atoms with Gasteiger partial charge in [-0.1, -0.05) is 60.7 Å².